The van der Waals surface area contributed by atoms with Crippen LogP contribution >= 0.6 is 18.8 Å². The number of aromatic nitrogens is 4. The molecule has 0 spiro atoms. The van der Waals surface area contributed by atoms with Crippen LogP contribution in [-0.4, -0.2) is 70.3 Å². The summed E-state index contributed by atoms with van der Waals surface area (Å²) in [6.07, 6.45) is -2.74. The number of halogens is 2. The number of rotatable bonds is 2. The van der Waals surface area contributed by atoms with E-state index in [0.29, 0.717) is 15.4 Å². The first-order valence-corrected chi connectivity index (χ1v) is 12.5. The maximum absolute atomic E-state index is 10.0. The van der Waals surface area contributed by atoms with Gasteiger partial charge in [-0.15, -0.1) is 0 Å². The number of aliphatic hydroxyl groups excluding tert-OH is 3. The average Bonchev–Trinajstić information content (AvgIpc) is 3.03. The number of nitrogens with two attached hydrogens (primary N) is 1. The number of ether oxygens (including phenoxy) is 1. The third-order valence-corrected chi connectivity index (χ3v) is 3.80. The molecule has 0 bridgehead atoms. The molecule has 23 heavy (non-hydrogen) atoms. The predicted molar refractivity (Wildman–Crippen MR) is 79.0 cm³/mol. The summed E-state index contributed by atoms with van der Waals surface area (Å²) < 4.78 is 7.37. The molecule has 3 rings (SSSR count). The number of aliphatic hydroxyl groups is 3. The van der Waals surface area contributed by atoms with Gasteiger partial charge in [-0.05, 0) is 0 Å². The van der Waals surface area contributed by atoms with E-state index in [9.17, 15) is 10.2 Å². The number of fused-ring (bicyclic) bond motifs is 1. The first kappa shape index (κ1) is 19.3. The van der Waals surface area contributed by atoms with E-state index in [1.165, 1.54) is 10.9 Å². The fourth-order valence-corrected chi connectivity index (χ4v) is 2.70. The van der Waals surface area contributed by atoms with E-state index in [2.05, 4.69) is 30.5 Å². The van der Waals surface area contributed by atoms with Crippen molar-refractivity contribution < 1.29 is 36.5 Å². The molecule has 1 aliphatic rings. The van der Waals surface area contributed by atoms with E-state index in [1.54, 1.807) is 0 Å². The van der Waals surface area contributed by atoms with Crippen LogP contribution in [0.25, 0.3) is 11.2 Å². The van der Waals surface area contributed by atoms with Crippen LogP contribution in [0.4, 0.5) is 5.95 Å². The molecule has 3 heterocycles. The molecule has 1 saturated heterocycles. The molecule has 2 unspecified atom stereocenters. The second kappa shape index (κ2) is 8.38. The molecule has 0 aromatic carbocycles. The van der Waals surface area contributed by atoms with Gasteiger partial charge in [0.25, 0.3) is 0 Å². The molecule has 1 fully saturated rings. The van der Waals surface area contributed by atoms with Gasteiger partial charge in [-0.2, -0.15) is 0 Å². The Hall–Kier alpha value is -0.0222. The van der Waals surface area contributed by atoms with Crippen LogP contribution in [0.2, 0.25) is 0 Å². The van der Waals surface area contributed by atoms with Crippen LogP contribution in [-0.2, 0) is 21.2 Å². The second-order valence-electron chi connectivity index (χ2n) is 4.49. The van der Waals surface area contributed by atoms with Gasteiger partial charge in [-0.3, -0.25) is 0 Å². The Morgan fingerprint density at radius 3 is 2.65 bits per heavy atom. The van der Waals surface area contributed by atoms with Crippen molar-refractivity contribution in [1.29, 1.82) is 0 Å². The van der Waals surface area contributed by atoms with Crippen molar-refractivity contribution in [3.8, 4) is 0 Å². The number of hydrogen-bond acceptors (Lipinski definition) is 7. The van der Waals surface area contributed by atoms with Crippen LogP contribution in [0.3, 0.4) is 0 Å². The molecule has 0 amide bonds. The Labute approximate surface area is 154 Å². The first-order chi connectivity index (χ1) is 10.9. The van der Waals surface area contributed by atoms with E-state index in [0.717, 1.165) is 0 Å². The predicted octanol–water partition coefficient (Wildman–Crippen LogP) is -1.34. The fraction of sp³-hybridized carbons (Fsp3) is 0.500. The zero-order valence-electron chi connectivity index (χ0n) is 11.2. The van der Waals surface area contributed by atoms with Crippen LogP contribution in [0, 0.1) is 4.19 Å². The number of anilines is 1. The summed E-state index contributed by atoms with van der Waals surface area (Å²) in [4.78, 5) is 12.1. The molecule has 5 N–H and O–H groups in total. The molecule has 4 atom stereocenters. The van der Waals surface area contributed by atoms with Crippen molar-refractivity contribution in [1.82, 2.24) is 19.5 Å². The molecule has 0 saturated carbocycles. The van der Waals surface area contributed by atoms with Crippen LogP contribution < -0.4 is 10.7 Å². The summed E-state index contributed by atoms with van der Waals surface area (Å²) in [6.45, 7) is -0.398. The van der Waals surface area contributed by atoms with Gasteiger partial charge in [-0.1, -0.05) is 0 Å². The second-order valence-corrected chi connectivity index (χ2v) is 8.58. The monoisotopic (exact) mass is 611 g/mol. The SMILES string of the molecule is Nc1nc2c(ncn2[C@@H]2O[C@H](CO)C(O)C2O)c(=[Se])[n-]1.[Cl][Pt][Cl]. The molecule has 2 aromatic rings. The van der Waals surface area contributed by atoms with Gasteiger partial charge in [-0.25, -0.2) is 0 Å². The molecular formula is C10H12Cl2N5O4PtSe-. The van der Waals surface area contributed by atoms with E-state index in [4.69, 9.17) is 34.4 Å². The van der Waals surface area contributed by atoms with Gasteiger partial charge >= 0.3 is 155 Å². The Kier molecular flexibility index (Phi) is 7.03. The molecule has 0 radical (unpaired) electrons. The Balaban J connectivity index is 0.000000595. The van der Waals surface area contributed by atoms with Crippen LogP contribution in [0.15, 0.2) is 6.33 Å². The first-order valence-electron chi connectivity index (χ1n) is 6.06. The molecule has 0 aliphatic carbocycles. The van der Waals surface area contributed by atoms with E-state index < -0.39 is 47.6 Å². The van der Waals surface area contributed by atoms with Crippen molar-refractivity contribution in [3.63, 3.8) is 0 Å². The Morgan fingerprint density at radius 1 is 1.43 bits per heavy atom. The average molecular weight is 611 g/mol. The van der Waals surface area contributed by atoms with Crippen molar-refractivity contribution >= 4 is 51.5 Å². The number of nitrogens with zero attached hydrogens (tertiary/aromatic N) is 4. The molecule has 13 heteroatoms. The topological polar surface area (TPSA) is 141 Å². The zero-order valence-corrected chi connectivity index (χ0v) is 16.7. The third kappa shape index (κ3) is 3.97. The van der Waals surface area contributed by atoms with Gasteiger partial charge in [0, 0.05) is 0 Å². The summed E-state index contributed by atoms with van der Waals surface area (Å²) >= 11 is 2.26. The quantitative estimate of drug-likeness (QED) is 0.306. The molecule has 1 aliphatic heterocycles. The van der Waals surface area contributed by atoms with Crippen LogP contribution in [0.1, 0.15) is 6.23 Å². The van der Waals surface area contributed by atoms with Gasteiger partial charge < -0.3 is 0 Å². The van der Waals surface area contributed by atoms with Crippen molar-refractivity contribution in [2.45, 2.75) is 24.5 Å². The normalized spacial score (nSPS) is 27.2. The molecular weight excluding hydrogens is 599 g/mol. The van der Waals surface area contributed by atoms with Crippen molar-refractivity contribution in [3.05, 3.63) is 10.5 Å². The Morgan fingerprint density at radius 2 is 2.09 bits per heavy atom. The van der Waals surface area contributed by atoms with Gasteiger partial charge in [0.15, 0.2) is 0 Å². The molecule has 9 nitrogen and oxygen atoms in total. The Bertz CT molecular complexity index is 731. The van der Waals surface area contributed by atoms with E-state index in [-0.39, 0.29) is 5.95 Å². The van der Waals surface area contributed by atoms with Crippen LogP contribution in [0.5, 0.6) is 0 Å². The number of imidazole rings is 1. The standard InChI is InChI=1S/C10H13N5O4Se.2ClH.Pt/c11-10-13-7-4(8(20)14-10)12-2-15(7)9-6(18)5(17)3(1-16)19-9;;;/h2-3,5-6,9,16-18H,1H2,(H3,11,13,14,20);2*1H;/q;;;+2/p-3/t3-,5?,6?,9-;;;/m1.../s1. The number of nitrogen functional groups attached to an aromatic ring is 1. The zero-order chi connectivity index (χ0) is 17.1. The molecule has 132 valence electrons. The summed E-state index contributed by atoms with van der Waals surface area (Å²) in [7, 11) is 9.75. The third-order valence-electron chi connectivity index (χ3n) is 3.20. The maximum atomic E-state index is 10.0. The minimum atomic E-state index is -1.20. The summed E-state index contributed by atoms with van der Waals surface area (Å²) in [5.74, 6) is 0.0553. The molecule has 2 aromatic heterocycles. The van der Waals surface area contributed by atoms with Gasteiger partial charge in [0.1, 0.15) is 0 Å². The van der Waals surface area contributed by atoms with Gasteiger partial charge in [0.05, 0.1) is 0 Å². The van der Waals surface area contributed by atoms with E-state index >= 15 is 0 Å². The van der Waals surface area contributed by atoms with Crippen molar-refractivity contribution in [2.75, 3.05) is 12.3 Å². The summed E-state index contributed by atoms with van der Waals surface area (Å²) in [6, 6.07) is 0. The summed E-state index contributed by atoms with van der Waals surface area (Å²) in [5, 5.41) is 28.9. The van der Waals surface area contributed by atoms with E-state index in [1.807, 2.05) is 0 Å². The van der Waals surface area contributed by atoms with Gasteiger partial charge in [0.2, 0.25) is 0 Å². The minimum absolute atomic E-state index is 0.0553. The van der Waals surface area contributed by atoms with Crippen molar-refractivity contribution in [2.24, 2.45) is 0 Å². The fourth-order valence-electron chi connectivity index (χ4n) is 2.20. The number of hydrogen-bond donors (Lipinski definition) is 4. The summed E-state index contributed by atoms with van der Waals surface area (Å²) in [5.41, 5.74) is 6.45.